The number of carbonyl (C=O) groups excluding carboxylic acids is 1. The Bertz CT molecular complexity index is 540. The van der Waals surface area contributed by atoms with Crippen LogP contribution in [-0.4, -0.2) is 35.1 Å². The molecule has 120 valence electrons. The zero-order valence-corrected chi connectivity index (χ0v) is 13.5. The quantitative estimate of drug-likeness (QED) is 0.792. The van der Waals surface area contributed by atoms with E-state index in [1.807, 2.05) is 32.1 Å². The van der Waals surface area contributed by atoms with E-state index in [2.05, 4.69) is 22.3 Å². The maximum Gasteiger partial charge on any atom is 0.246 e. The van der Waals surface area contributed by atoms with Crippen molar-refractivity contribution in [2.24, 2.45) is 0 Å². The van der Waals surface area contributed by atoms with E-state index in [0.29, 0.717) is 6.54 Å². The van der Waals surface area contributed by atoms with Crippen LogP contribution < -0.4 is 5.32 Å². The molecule has 1 heterocycles. The molecule has 0 unspecified atom stereocenters. The highest BCUT2D eigenvalue weighted by Gasteiger charge is 2.24. The number of rotatable bonds is 6. The number of aliphatic hydroxyl groups excluding tert-OH is 1. The zero-order valence-electron chi connectivity index (χ0n) is 13.5. The fourth-order valence-corrected chi connectivity index (χ4v) is 2.86. The molecule has 1 atom stereocenters. The van der Waals surface area contributed by atoms with E-state index >= 15 is 0 Å². The topological polar surface area (TPSA) is 52.6 Å². The summed E-state index contributed by atoms with van der Waals surface area (Å²) in [5.41, 5.74) is 3.10. The summed E-state index contributed by atoms with van der Waals surface area (Å²) >= 11 is 0. The van der Waals surface area contributed by atoms with Crippen LogP contribution in [0.4, 0.5) is 0 Å². The van der Waals surface area contributed by atoms with E-state index in [4.69, 9.17) is 0 Å². The van der Waals surface area contributed by atoms with Crippen LogP contribution in [0.15, 0.2) is 35.9 Å². The molecule has 1 saturated heterocycles. The molecule has 1 aromatic carbocycles. The van der Waals surface area contributed by atoms with Crippen LogP contribution in [0.2, 0.25) is 0 Å². The van der Waals surface area contributed by atoms with Crippen LogP contribution in [0, 0.1) is 0 Å². The molecule has 0 aromatic heterocycles. The average molecular weight is 302 g/mol. The second kappa shape index (κ2) is 8.11. The molecule has 1 aromatic rings. The zero-order chi connectivity index (χ0) is 15.9. The number of amides is 1. The van der Waals surface area contributed by atoms with E-state index in [9.17, 15) is 9.90 Å². The smallest absolute Gasteiger partial charge is 0.246 e. The van der Waals surface area contributed by atoms with Gasteiger partial charge in [0.05, 0.1) is 6.61 Å². The first-order valence-corrected chi connectivity index (χ1v) is 7.98. The van der Waals surface area contributed by atoms with Gasteiger partial charge in [-0.25, -0.2) is 0 Å². The summed E-state index contributed by atoms with van der Waals surface area (Å²) in [6, 6.07) is 8.47. The lowest BCUT2D eigenvalue weighted by Gasteiger charge is -2.24. The lowest BCUT2D eigenvalue weighted by molar-refractivity contribution is -0.117. The molecule has 2 N–H and O–H groups in total. The number of aliphatic hydroxyl groups is 1. The molecule has 0 bridgehead atoms. The molecule has 0 saturated carbocycles. The highest BCUT2D eigenvalue weighted by molar-refractivity contribution is 5.92. The van der Waals surface area contributed by atoms with E-state index < -0.39 is 0 Å². The van der Waals surface area contributed by atoms with Gasteiger partial charge in [-0.3, -0.25) is 9.69 Å². The van der Waals surface area contributed by atoms with E-state index in [0.717, 1.165) is 37.1 Å². The highest BCUT2D eigenvalue weighted by atomic mass is 16.3. The minimum atomic E-state index is -0.0216. The third-order valence-electron chi connectivity index (χ3n) is 4.43. The Morgan fingerprint density at radius 2 is 2.14 bits per heavy atom. The van der Waals surface area contributed by atoms with Gasteiger partial charge >= 0.3 is 0 Å². The van der Waals surface area contributed by atoms with Gasteiger partial charge in [-0.2, -0.15) is 0 Å². The Balaban J connectivity index is 2.02. The molecule has 0 radical (unpaired) electrons. The first-order valence-electron chi connectivity index (χ1n) is 7.98. The lowest BCUT2D eigenvalue weighted by Crippen LogP contribution is -2.32. The van der Waals surface area contributed by atoms with Gasteiger partial charge in [0, 0.05) is 24.7 Å². The van der Waals surface area contributed by atoms with Crippen LogP contribution in [0.5, 0.6) is 0 Å². The van der Waals surface area contributed by atoms with Crippen LogP contribution in [0.1, 0.15) is 37.8 Å². The Hall–Kier alpha value is -1.65. The molecular formula is C18H26N2O2. The van der Waals surface area contributed by atoms with Gasteiger partial charge < -0.3 is 10.4 Å². The molecule has 0 spiro atoms. The van der Waals surface area contributed by atoms with Gasteiger partial charge in [-0.05, 0) is 44.4 Å². The summed E-state index contributed by atoms with van der Waals surface area (Å²) in [6.45, 7) is 6.31. The molecule has 1 aliphatic heterocycles. The SMILES string of the molecule is C/C=C(\C)C(=O)NCc1ccccc1CN1CCC[C@@H]1CO. The molecule has 0 aliphatic carbocycles. The first kappa shape index (κ1) is 16.7. The van der Waals surface area contributed by atoms with Gasteiger partial charge in [-0.1, -0.05) is 30.3 Å². The number of likely N-dealkylation sites (tertiary alicyclic amines) is 1. The van der Waals surface area contributed by atoms with Crippen molar-refractivity contribution in [2.75, 3.05) is 13.2 Å². The van der Waals surface area contributed by atoms with Crippen LogP contribution >= 0.6 is 0 Å². The predicted molar refractivity (Wildman–Crippen MR) is 88.2 cm³/mol. The largest absolute Gasteiger partial charge is 0.395 e. The van der Waals surface area contributed by atoms with E-state index in [1.165, 1.54) is 5.56 Å². The Morgan fingerprint density at radius 3 is 2.82 bits per heavy atom. The van der Waals surface area contributed by atoms with Crippen molar-refractivity contribution < 1.29 is 9.90 Å². The van der Waals surface area contributed by atoms with Gasteiger partial charge in [0.25, 0.3) is 0 Å². The maximum atomic E-state index is 11.9. The fraction of sp³-hybridized carbons (Fsp3) is 0.500. The first-order chi connectivity index (χ1) is 10.7. The number of hydrogen-bond donors (Lipinski definition) is 2. The molecule has 1 aliphatic rings. The molecule has 4 heteroatoms. The average Bonchev–Trinajstić information content (AvgIpc) is 3.00. The number of carbonyl (C=O) groups is 1. The molecule has 4 nitrogen and oxygen atoms in total. The molecule has 1 fully saturated rings. The van der Waals surface area contributed by atoms with Gasteiger partial charge in [0.15, 0.2) is 0 Å². The lowest BCUT2D eigenvalue weighted by atomic mass is 10.1. The summed E-state index contributed by atoms with van der Waals surface area (Å²) in [4.78, 5) is 14.2. The molecule has 22 heavy (non-hydrogen) atoms. The summed E-state index contributed by atoms with van der Waals surface area (Å²) < 4.78 is 0. The van der Waals surface area contributed by atoms with Crippen molar-refractivity contribution in [1.29, 1.82) is 0 Å². The van der Waals surface area contributed by atoms with Crippen molar-refractivity contribution in [1.82, 2.24) is 10.2 Å². The van der Waals surface area contributed by atoms with Gasteiger partial charge in [0.1, 0.15) is 0 Å². The standard InChI is InChI=1S/C18H26N2O2/c1-3-14(2)18(22)19-11-15-7-4-5-8-16(15)12-20-10-6-9-17(20)13-21/h3-5,7-8,17,21H,6,9-13H2,1-2H3,(H,19,22)/b14-3+/t17-/m1/s1. The fourth-order valence-electron chi connectivity index (χ4n) is 2.86. The van der Waals surface area contributed by atoms with Gasteiger partial charge in [-0.15, -0.1) is 0 Å². The number of benzene rings is 1. The normalized spacial score (nSPS) is 19.4. The van der Waals surface area contributed by atoms with Crippen LogP contribution in [0.3, 0.4) is 0 Å². The second-order valence-corrected chi connectivity index (χ2v) is 5.87. The third kappa shape index (κ3) is 4.18. The Kier molecular flexibility index (Phi) is 6.16. The highest BCUT2D eigenvalue weighted by Crippen LogP contribution is 2.21. The van der Waals surface area contributed by atoms with Crippen molar-refractivity contribution in [3.63, 3.8) is 0 Å². The van der Waals surface area contributed by atoms with E-state index in [1.54, 1.807) is 0 Å². The maximum absolute atomic E-state index is 11.9. The predicted octanol–water partition coefficient (Wildman–Crippen LogP) is 2.23. The number of hydrogen-bond acceptors (Lipinski definition) is 3. The van der Waals surface area contributed by atoms with Crippen LogP contribution in [-0.2, 0) is 17.9 Å². The summed E-state index contributed by atoms with van der Waals surface area (Å²) in [6.07, 6.45) is 4.03. The number of nitrogens with one attached hydrogen (secondary N) is 1. The van der Waals surface area contributed by atoms with Crippen LogP contribution in [0.25, 0.3) is 0 Å². The number of allylic oxidation sites excluding steroid dienone is 1. The molecule has 2 rings (SSSR count). The van der Waals surface area contributed by atoms with Gasteiger partial charge in [0.2, 0.25) is 5.91 Å². The van der Waals surface area contributed by atoms with Crippen molar-refractivity contribution in [3.05, 3.63) is 47.0 Å². The summed E-state index contributed by atoms with van der Waals surface area (Å²) in [5, 5.41) is 12.4. The summed E-state index contributed by atoms with van der Waals surface area (Å²) in [5.74, 6) is -0.0216. The van der Waals surface area contributed by atoms with Crippen molar-refractivity contribution >= 4 is 5.91 Å². The molecule has 1 amide bonds. The summed E-state index contributed by atoms with van der Waals surface area (Å²) in [7, 11) is 0. The third-order valence-corrected chi connectivity index (χ3v) is 4.43. The number of nitrogens with zero attached hydrogens (tertiary/aromatic N) is 1. The minimum absolute atomic E-state index is 0.0216. The minimum Gasteiger partial charge on any atom is -0.395 e. The van der Waals surface area contributed by atoms with E-state index in [-0.39, 0.29) is 18.6 Å². The monoisotopic (exact) mass is 302 g/mol. The van der Waals surface area contributed by atoms with Crippen molar-refractivity contribution in [2.45, 2.75) is 45.8 Å². The second-order valence-electron chi connectivity index (χ2n) is 5.87. The Morgan fingerprint density at radius 1 is 1.41 bits per heavy atom. The Labute approximate surface area is 132 Å². The van der Waals surface area contributed by atoms with Crippen molar-refractivity contribution in [3.8, 4) is 0 Å². The molecular weight excluding hydrogens is 276 g/mol.